The maximum absolute atomic E-state index is 12.5. The quantitative estimate of drug-likeness (QED) is 0.689. The van der Waals surface area contributed by atoms with Crippen molar-refractivity contribution < 1.29 is 9.32 Å². The number of carbonyl (C=O) groups excluding carboxylic acids is 1. The lowest BCUT2D eigenvalue weighted by Crippen LogP contribution is -2.55. The summed E-state index contributed by atoms with van der Waals surface area (Å²) in [6.45, 7) is 6.21. The van der Waals surface area contributed by atoms with E-state index in [4.69, 9.17) is 4.52 Å². The number of amides is 1. The van der Waals surface area contributed by atoms with Crippen LogP contribution in [0.25, 0.3) is 11.4 Å². The van der Waals surface area contributed by atoms with E-state index in [2.05, 4.69) is 44.3 Å². The highest BCUT2D eigenvalue weighted by Crippen LogP contribution is 2.18. The van der Waals surface area contributed by atoms with Gasteiger partial charge in [0, 0.05) is 55.4 Å². The molecule has 1 aliphatic heterocycles. The van der Waals surface area contributed by atoms with Crippen LogP contribution >= 0.6 is 0 Å². The highest BCUT2D eigenvalue weighted by atomic mass is 16.5. The summed E-state index contributed by atoms with van der Waals surface area (Å²) in [4.78, 5) is 23.1. The van der Waals surface area contributed by atoms with E-state index in [1.54, 1.807) is 12.4 Å². The predicted molar refractivity (Wildman–Crippen MR) is 101 cm³/mol. The molecule has 4 heterocycles. The van der Waals surface area contributed by atoms with Gasteiger partial charge in [0.2, 0.25) is 17.6 Å². The van der Waals surface area contributed by atoms with Crippen LogP contribution in [0.1, 0.15) is 31.3 Å². The van der Waals surface area contributed by atoms with E-state index >= 15 is 0 Å². The van der Waals surface area contributed by atoms with Crippen molar-refractivity contribution in [2.24, 2.45) is 0 Å². The number of pyridine rings is 1. The highest BCUT2D eigenvalue weighted by molar-refractivity contribution is 5.82. The fourth-order valence-electron chi connectivity index (χ4n) is 3.27. The third-order valence-electron chi connectivity index (χ3n) is 4.79. The summed E-state index contributed by atoms with van der Waals surface area (Å²) in [6.07, 6.45) is 7.61. The Morgan fingerprint density at radius 2 is 2.14 bits per heavy atom. The van der Waals surface area contributed by atoms with Crippen molar-refractivity contribution in [3.05, 3.63) is 48.4 Å². The van der Waals surface area contributed by atoms with Crippen molar-refractivity contribution in [3.8, 4) is 11.4 Å². The van der Waals surface area contributed by atoms with Crippen LogP contribution < -0.4 is 5.32 Å². The molecule has 0 bridgehead atoms. The van der Waals surface area contributed by atoms with E-state index in [9.17, 15) is 4.79 Å². The number of rotatable bonds is 6. The summed E-state index contributed by atoms with van der Waals surface area (Å²) in [7, 11) is 0. The zero-order valence-corrected chi connectivity index (χ0v) is 15.9. The van der Waals surface area contributed by atoms with Gasteiger partial charge in [0.1, 0.15) is 0 Å². The summed E-state index contributed by atoms with van der Waals surface area (Å²) in [5.74, 6) is 0.918. The van der Waals surface area contributed by atoms with Crippen molar-refractivity contribution in [1.29, 1.82) is 0 Å². The first-order valence-electron chi connectivity index (χ1n) is 9.38. The van der Waals surface area contributed by atoms with Crippen LogP contribution in [0.3, 0.4) is 0 Å². The van der Waals surface area contributed by atoms with Crippen LogP contribution in [0.15, 0.2) is 41.4 Å². The monoisotopic (exact) mass is 381 g/mol. The largest absolute Gasteiger partial charge is 0.353 e. The zero-order chi connectivity index (χ0) is 19.5. The number of carbonyl (C=O) groups is 1. The fourth-order valence-corrected chi connectivity index (χ4v) is 3.27. The molecule has 28 heavy (non-hydrogen) atoms. The lowest BCUT2D eigenvalue weighted by atomic mass is 10.1. The van der Waals surface area contributed by atoms with Crippen molar-refractivity contribution in [2.45, 2.75) is 38.9 Å². The lowest BCUT2D eigenvalue weighted by molar-refractivity contribution is -0.129. The number of nitrogens with zero attached hydrogens (tertiary/aromatic N) is 6. The third-order valence-corrected chi connectivity index (χ3v) is 4.79. The second kappa shape index (κ2) is 7.89. The molecule has 1 aliphatic rings. The first kappa shape index (κ1) is 18.3. The number of hydrogen-bond acceptors (Lipinski definition) is 7. The number of piperazine rings is 1. The molecular formula is C19H23N7O2. The van der Waals surface area contributed by atoms with Crippen molar-refractivity contribution in [2.75, 3.05) is 13.1 Å². The predicted octanol–water partition coefficient (Wildman–Crippen LogP) is 1.45. The van der Waals surface area contributed by atoms with Gasteiger partial charge in [-0.05, 0) is 26.0 Å². The molecule has 0 aromatic carbocycles. The van der Waals surface area contributed by atoms with Gasteiger partial charge in [0.05, 0.1) is 18.7 Å². The fraction of sp³-hybridized carbons (Fsp3) is 0.421. The maximum atomic E-state index is 12.5. The topological polar surface area (TPSA) is 102 Å². The van der Waals surface area contributed by atoms with E-state index in [1.165, 1.54) is 0 Å². The molecule has 3 aromatic heterocycles. The standard InChI is InChI=1S/C19H23N7O2/c1-13(2)26-12-14(10-22-26)11-25-8-7-21-19(27)16(25)9-17-23-18(24-28-17)15-3-5-20-6-4-15/h3-6,10,12-13,16H,7-9,11H2,1-2H3,(H,21,27). The highest BCUT2D eigenvalue weighted by Gasteiger charge is 2.32. The first-order chi connectivity index (χ1) is 13.6. The van der Waals surface area contributed by atoms with Crippen molar-refractivity contribution in [1.82, 2.24) is 35.1 Å². The number of aromatic nitrogens is 5. The molecule has 0 aliphatic carbocycles. The van der Waals surface area contributed by atoms with Crippen LogP contribution in [0, 0.1) is 0 Å². The molecule has 1 fully saturated rings. The lowest BCUT2D eigenvalue weighted by Gasteiger charge is -2.33. The van der Waals surface area contributed by atoms with E-state index in [1.807, 2.05) is 29.2 Å². The number of hydrogen-bond donors (Lipinski definition) is 1. The molecule has 146 valence electrons. The Balaban J connectivity index is 1.49. The molecule has 9 nitrogen and oxygen atoms in total. The Morgan fingerprint density at radius 1 is 1.32 bits per heavy atom. The van der Waals surface area contributed by atoms with E-state index in [0.717, 1.165) is 17.7 Å². The van der Waals surface area contributed by atoms with Gasteiger partial charge in [-0.15, -0.1) is 0 Å². The molecule has 1 unspecified atom stereocenters. The summed E-state index contributed by atoms with van der Waals surface area (Å²) in [5.41, 5.74) is 1.91. The van der Waals surface area contributed by atoms with Crippen molar-refractivity contribution in [3.63, 3.8) is 0 Å². The number of nitrogens with one attached hydrogen (secondary N) is 1. The molecular weight excluding hydrogens is 358 g/mol. The van der Waals surface area contributed by atoms with Crippen molar-refractivity contribution >= 4 is 5.91 Å². The average Bonchev–Trinajstić information content (AvgIpc) is 3.35. The van der Waals surface area contributed by atoms with Gasteiger partial charge >= 0.3 is 0 Å². The van der Waals surface area contributed by atoms with E-state index in [0.29, 0.717) is 37.3 Å². The Labute approximate surface area is 162 Å². The van der Waals surface area contributed by atoms with Crippen LogP contribution in [0.2, 0.25) is 0 Å². The minimum Gasteiger partial charge on any atom is -0.353 e. The zero-order valence-electron chi connectivity index (χ0n) is 15.9. The molecule has 0 saturated carbocycles. The summed E-state index contributed by atoms with van der Waals surface area (Å²) < 4.78 is 7.32. The molecule has 1 saturated heterocycles. The van der Waals surface area contributed by atoms with E-state index in [-0.39, 0.29) is 11.9 Å². The summed E-state index contributed by atoms with van der Waals surface area (Å²) in [5, 5.41) is 11.4. The molecule has 3 aromatic rings. The van der Waals surface area contributed by atoms with Gasteiger partial charge in [-0.3, -0.25) is 19.4 Å². The Hall–Kier alpha value is -3.07. The minimum atomic E-state index is -0.359. The van der Waals surface area contributed by atoms with Gasteiger partial charge in [0.25, 0.3) is 0 Å². The summed E-state index contributed by atoms with van der Waals surface area (Å²) >= 11 is 0. The molecule has 9 heteroatoms. The maximum Gasteiger partial charge on any atom is 0.237 e. The van der Waals surface area contributed by atoms with Crippen LogP contribution in [-0.4, -0.2) is 54.8 Å². The minimum absolute atomic E-state index is 0.0221. The second-order valence-corrected chi connectivity index (χ2v) is 7.15. The van der Waals surface area contributed by atoms with Gasteiger partial charge in [0.15, 0.2) is 0 Å². The Morgan fingerprint density at radius 3 is 2.89 bits per heavy atom. The molecule has 1 amide bonds. The Kier molecular flexibility index (Phi) is 5.16. The van der Waals surface area contributed by atoms with Gasteiger partial charge < -0.3 is 9.84 Å². The SMILES string of the molecule is CC(C)n1cc(CN2CCNC(=O)C2Cc2nc(-c3ccncc3)no2)cn1. The van der Waals surface area contributed by atoms with Crippen LogP contribution in [0.4, 0.5) is 0 Å². The molecule has 0 spiro atoms. The molecule has 0 radical (unpaired) electrons. The van der Waals surface area contributed by atoms with Gasteiger partial charge in [-0.1, -0.05) is 5.16 Å². The average molecular weight is 381 g/mol. The third kappa shape index (κ3) is 3.94. The normalized spacial score (nSPS) is 17.8. The van der Waals surface area contributed by atoms with E-state index < -0.39 is 0 Å². The van der Waals surface area contributed by atoms with Gasteiger partial charge in [-0.2, -0.15) is 10.1 Å². The molecule has 4 rings (SSSR count). The smallest absolute Gasteiger partial charge is 0.237 e. The Bertz CT molecular complexity index is 935. The van der Waals surface area contributed by atoms with Crippen LogP contribution in [-0.2, 0) is 17.8 Å². The first-order valence-corrected chi connectivity index (χ1v) is 9.38. The summed E-state index contributed by atoms with van der Waals surface area (Å²) in [6, 6.07) is 3.59. The second-order valence-electron chi connectivity index (χ2n) is 7.15. The van der Waals surface area contributed by atoms with Gasteiger partial charge in [-0.25, -0.2) is 0 Å². The molecule has 1 atom stereocenters. The van der Waals surface area contributed by atoms with Crippen LogP contribution in [0.5, 0.6) is 0 Å². The molecule has 1 N–H and O–H groups in total.